The maximum atomic E-state index is 12.2. The van der Waals surface area contributed by atoms with Gasteiger partial charge in [0.15, 0.2) is 0 Å². The Kier molecular flexibility index (Phi) is 3.93. The average molecular weight is 200 g/mol. The van der Waals surface area contributed by atoms with Crippen molar-refractivity contribution in [2.45, 2.75) is 6.42 Å². The van der Waals surface area contributed by atoms with Crippen molar-refractivity contribution in [3.63, 3.8) is 0 Å². The van der Waals surface area contributed by atoms with Crippen LogP contribution in [0.5, 0.6) is 0 Å². The number of hydrogen-bond acceptors (Lipinski definition) is 1. The molecule has 0 amide bonds. The second-order valence-corrected chi connectivity index (χ2v) is 3.21. The Morgan fingerprint density at radius 2 is 2.00 bits per heavy atom. The molecule has 1 aromatic rings. The molecule has 70 valence electrons. The van der Waals surface area contributed by atoms with E-state index in [1.165, 1.54) is 0 Å². The summed E-state index contributed by atoms with van der Waals surface area (Å²) in [6.45, 7) is 0.249. The van der Waals surface area contributed by atoms with Crippen LogP contribution in [0.25, 0.3) is 0 Å². The van der Waals surface area contributed by atoms with Crippen molar-refractivity contribution >= 4 is 11.6 Å². The minimum Gasteiger partial charge on any atom is -0.327 e. The molecular weight excluding hydrogens is 189 g/mol. The summed E-state index contributed by atoms with van der Waals surface area (Å²) in [5.41, 5.74) is 6.92. The lowest BCUT2D eigenvalue weighted by Gasteiger charge is -2.02. The molecule has 0 saturated heterocycles. The molecule has 1 aromatic carbocycles. The Balaban J connectivity index is 2.69. The molecule has 0 unspecified atom stereocenters. The lowest BCUT2D eigenvalue weighted by atomic mass is 10.1. The van der Waals surface area contributed by atoms with Crippen molar-refractivity contribution in [1.82, 2.24) is 0 Å². The summed E-state index contributed by atoms with van der Waals surface area (Å²) in [7, 11) is 0. The van der Waals surface area contributed by atoms with Gasteiger partial charge in [-0.3, -0.25) is 0 Å². The molecule has 2 N–H and O–H groups in total. The number of halogens is 2. The SMILES string of the molecule is NC/C(=C\F)Cc1ccc(Cl)cc1. The van der Waals surface area contributed by atoms with Gasteiger partial charge in [0.25, 0.3) is 0 Å². The first-order chi connectivity index (χ1) is 6.26. The van der Waals surface area contributed by atoms with E-state index in [4.69, 9.17) is 17.3 Å². The van der Waals surface area contributed by atoms with Crippen molar-refractivity contribution in [1.29, 1.82) is 0 Å². The molecule has 0 saturated carbocycles. The van der Waals surface area contributed by atoms with E-state index in [1.54, 1.807) is 12.1 Å². The predicted molar refractivity (Wildman–Crippen MR) is 53.4 cm³/mol. The van der Waals surface area contributed by atoms with E-state index in [0.29, 0.717) is 23.3 Å². The predicted octanol–water partition coefficient (Wildman–Crippen LogP) is 2.69. The van der Waals surface area contributed by atoms with Gasteiger partial charge in [0.1, 0.15) is 0 Å². The Bertz CT molecular complexity index is 292. The summed E-state index contributed by atoms with van der Waals surface area (Å²) in [6, 6.07) is 7.29. The molecule has 0 heterocycles. The van der Waals surface area contributed by atoms with Crippen LogP contribution in [0, 0.1) is 0 Å². The molecule has 0 spiro atoms. The van der Waals surface area contributed by atoms with Gasteiger partial charge in [-0.15, -0.1) is 0 Å². The molecule has 1 rings (SSSR count). The third kappa shape index (κ3) is 3.17. The van der Waals surface area contributed by atoms with Crippen LogP contribution in [0.2, 0.25) is 5.02 Å². The molecule has 0 aliphatic heterocycles. The van der Waals surface area contributed by atoms with E-state index >= 15 is 0 Å². The molecule has 0 atom stereocenters. The smallest absolute Gasteiger partial charge is 0.0875 e. The average Bonchev–Trinajstić information content (AvgIpc) is 2.17. The summed E-state index contributed by atoms with van der Waals surface area (Å²) >= 11 is 5.70. The Labute approximate surface area is 82.0 Å². The van der Waals surface area contributed by atoms with Gasteiger partial charge in [-0.05, 0) is 29.7 Å². The third-order valence-electron chi connectivity index (χ3n) is 1.76. The fourth-order valence-electron chi connectivity index (χ4n) is 1.02. The second-order valence-electron chi connectivity index (χ2n) is 2.77. The van der Waals surface area contributed by atoms with Gasteiger partial charge < -0.3 is 5.73 Å². The number of benzene rings is 1. The van der Waals surface area contributed by atoms with E-state index in [0.717, 1.165) is 5.56 Å². The van der Waals surface area contributed by atoms with Crippen molar-refractivity contribution in [3.05, 3.63) is 46.8 Å². The van der Waals surface area contributed by atoms with Gasteiger partial charge in [0.05, 0.1) is 6.33 Å². The maximum Gasteiger partial charge on any atom is 0.0875 e. The summed E-state index contributed by atoms with van der Waals surface area (Å²) in [5, 5.41) is 0.683. The zero-order valence-electron chi connectivity index (χ0n) is 7.13. The van der Waals surface area contributed by atoms with E-state index in [9.17, 15) is 4.39 Å². The summed E-state index contributed by atoms with van der Waals surface area (Å²) in [4.78, 5) is 0. The second kappa shape index (κ2) is 5.00. The van der Waals surface area contributed by atoms with Crippen LogP contribution in [-0.4, -0.2) is 6.54 Å². The molecule has 0 fully saturated rings. The van der Waals surface area contributed by atoms with Crippen molar-refractivity contribution < 1.29 is 4.39 Å². The normalized spacial score (nSPS) is 11.8. The van der Waals surface area contributed by atoms with Gasteiger partial charge in [0, 0.05) is 11.6 Å². The minimum absolute atomic E-state index is 0.249. The number of rotatable bonds is 3. The van der Waals surface area contributed by atoms with Gasteiger partial charge in [-0.2, -0.15) is 0 Å². The van der Waals surface area contributed by atoms with Crippen LogP contribution in [0.4, 0.5) is 4.39 Å². The largest absolute Gasteiger partial charge is 0.327 e. The van der Waals surface area contributed by atoms with Crippen molar-refractivity contribution in [2.24, 2.45) is 5.73 Å². The number of nitrogens with two attached hydrogens (primary N) is 1. The lowest BCUT2D eigenvalue weighted by molar-refractivity contribution is 0.699. The standard InChI is InChI=1S/C10H11ClFN/c11-10-3-1-8(2-4-10)5-9(6-12)7-13/h1-4,6H,5,7,13H2/b9-6-. The van der Waals surface area contributed by atoms with E-state index in [2.05, 4.69) is 0 Å². The van der Waals surface area contributed by atoms with E-state index in [-0.39, 0.29) is 6.54 Å². The van der Waals surface area contributed by atoms with Crippen LogP contribution >= 0.6 is 11.6 Å². The van der Waals surface area contributed by atoms with E-state index in [1.807, 2.05) is 12.1 Å². The van der Waals surface area contributed by atoms with Crippen molar-refractivity contribution in [2.75, 3.05) is 6.54 Å². The molecule has 3 heteroatoms. The first-order valence-corrected chi connectivity index (χ1v) is 4.36. The summed E-state index contributed by atoms with van der Waals surface area (Å²) in [6.07, 6.45) is 1.11. The first-order valence-electron chi connectivity index (χ1n) is 3.99. The van der Waals surface area contributed by atoms with Gasteiger partial charge >= 0.3 is 0 Å². The zero-order valence-corrected chi connectivity index (χ0v) is 7.89. The fraction of sp³-hybridized carbons (Fsp3) is 0.200. The van der Waals surface area contributed by atoms with Crippen LogP contribution < -0.4 is 5.73 Å². The monoisotopic (exact) mass is 199 g/mol. The Hall–Kier alpha value is -0.860. The summed E-state index contributed by atoms with van der Waals surface area (Å²) in [5.74, 6) is 0. The lowest BCUT2D eigenvalue weighted by Crippen LogP contribution is -2.05. The highest BCUT2D eigenvalue weighted by molar-refractivity contribution is 6.30. The van der Waals surface area contributed by atoms with Gasteiger partial charge in [-0.25, -0.2) is 4.39 Å². The van der Waals surface area contributed by atoms with E-state index < -0.39 is 0 Å². The Morgan fingerprint density at radius 3 is 2.46 bits per heavy atom. The zero-order chi connectivity index (χ0) is 9.68. The molecule has 0 bridgehead atoms. The highest BCUT2D eigenvalue weighted by atomic mass is 35.5. The number of hydrogen-bond donors (Lipinski definition) is 1. The molecule has 0 aromatic heterocycles. The summed E-state index contributed by atoms with van der Waals surface area (Å²) < 4.78 is 12.2. The highest BCUT2D eigenvalue weighted by Crippen LogP contribution is 2.12. The molecular formula is C10H11ClFN. The van der Waals surface area contributed by atoms with Gasteiger partial charge in [-0.1, -0.05) is 23.7 Å². The van der Waals surface area contributed by atoms with Crippen LogP contribution in [0.3, 0.4) is 0 Å². The molecule has 0 aliphatic rings. The van der Waals surface area contributed by atoms with Crippen LogP contribution in [0.1, 0.15) is 5.56 Å². The molecule has 0 aliphatic carbocycles. The maximum absolute atomic E-state index is 12.2. The highest BCUT2D eigenvalue weighted by Gasteiger charge is 1.97. The molecule has 13 heavy (non-hydrogen) atoms. The van der Waals surface area contributed by atoms with Crippen LogP contribution in [-0.2, 0) is 6.42 Å². The first kappa shape index (κ1) is 10.2. The molecule has 1 nitrogen and oxygen atoms in total. The molecule has 0 radical (unpaired) electrons. The minimum atomic E-state index is 0.249. The Morgan fingerprint density at radius 1 is 1.38 bits per heavy atom. The third-order valence-corrected chi connectivity index (χ3v) is 2.01. The quantitative estimate of drug-likeness (QED) is 0.796. The van der Waals surface area contributed by atoms with Crippen molar-refractivity contribution in [3.8, 4) is 0 Å². The topological polar surface area (TPSA) is 26.0 Å². The van der Waals surface area contributed by atoms with Gasteiger partial charge in [0.2, 0.25) is 0 Å². The van der Waals surface area contributed by atoms with Crippen LogP contribution in [0.15, 0.2) is 36.2 Å². The fourth-order valence-corrected chi connectivity index (χ4v) is 1.15.